The van der Waals surface area contributed by atoms with Gasteiger partial charge in [0.2, 0.25) is 0 Å². The molecular formula is C15H23NO4. The van der Waals surface area contributed by atoms with Gasteiger partial charge >= 0.3 is 5.97 Å². The number of aliphatic carboxylic acids is 1. The number of nitrogens with one attached hydrogen (secondary N) is 1. The van der Waals surface area contributed by atoms with Crippen molar-refractivity contribution in [3.05, 3.63) is 23.8 Å². The minimum atomic E-state index is -0.783. The van der Waals surface area contributed by atoms with E-state index in [2.05, 4.69) is 5.32 Å². The van der Waals surface area contributed by atoms with Crippen LogP contribution in [0.3, 0.4) is 0 Å². The largest absolute Gasteiger partial charge is 0.504 e. The summed E-state index contributed by atoms with van der Waals surface area (Å²) < 4.78 is 5.14. The molecule has 0 heterocycles. The number of para-hydroxylation sites is 1. The zero-order chi connectivity index (χ0) is 15.1. The topological polar surface area (TPSA) is 78.8 Å². The summed E-state index contributed by atoms with van der Waals surface area (Å²) in [4.78, 5) is 11.1. The van der Waals surface area contributed by atoms with Crippen molar-refractivity contribution in [2.45, 2.75) is 26.8 Å². The van der Waals surface area contributed by atoms with Gasteiger partial charge in [-0.25, -0.2) is 0 Å². The molecule has 1 unspecified atom stereocenters. The monoisotopic (exact) mass is 281 g/mol. The van der Waals surface area contributed by atoms with Gasteiger partial charge in [-0.05, 0) is 18.4 Å². The van der Waals surface area contributed by atoms with Gasteiger partial charge in [-0.2, -0.15) is 0 Å². The Hall–Kier alpha value is -1.75. The van der Waals surface area contributed by atoms with E-state index in [4.69, 9.17) is 9.84 Å². The van der Waals surface area contributed by atoms with E-state index >= 15 is 0 Å². The van der Waals surface area contributed by atoms with Crippen molar-refractivity contribution < 1.29 is 19.7 Å². The highest BCUT2D eigenvalue weighted by molar-refractivity contribution is 5.70. The number of carboxylic acid groups (broad SMARTS) is 1. The highest BCUT2D eigenvalue weighted by atomic mass is 16.5. The third kappa shape index (κ3) is 4.74. The molecule has 0 bridgehead atoms. The van der Waals surface area contributed by atoms with Gasteiger partial charge in [0.25, 0.3) is 0 Å². The number of hydrogen-bond acceptors (Lipinski definition) is 4. The quantitative estimate of drug-likeness (QED) is 0.681. The number of aromatic hydroxyl groups is 1. The molecule has 1 aromatic rings. The molecule has 0 spiro atoms. The lowest BCUT2D eigenvalue weighted by Crippen LogP contribution is -2.29. The molecule has 0 saturated carbocycles. The van der Waals surface area contributed by atoms with Crippen LogP contribution in [0, 0.1) is 11.8 Å². The van der Waals surface area contributed by atoms with Crippen LogP contribution in [0.2, 0.25) is 0 Å². The first-order valence-electron chi connectivity index (χ1n) is 6.74. The third-order valence-electron chi connectivity index (χ3n) is 3.09. The number of rotatable bonds is 8. The second-order valence-electron chi connectivity index (χ2n) is 5.27. The molecule has 1 aromatic carbocycles. The molecular weight excluding hydrogens is 258 g/mol. The Bertz CT molecular complexity index is 445. The number of methoxy groups -OCH3 is 1. The molecule has 5 heteroatoms. The Balaban J connectivity index is 2.59. The average Bonchev–Trinajstić information content (AvgIpc) is 2.37. The van der Waals surface area contributed by atoms with Gasteiger partial charge in [0.1, 0.15) is 0 Å². The predicted octanol–water partition coefficient (Wildman–Crippen LogP) is 2.24. The van der Waals surface area contributed by atoms with Crippen molar-refractivity contribution in [1.29, 1.82) is 0 Å². The Morgan fingerprint density at radius 1 is 1.40 bits per heavy atom. The second-order valence-corrected chi connectivity index (χ2v) is 5.27. The van der Waals surface area contributed by atoms with E-state index < -0.39 is 11.9 Å². The van der Waals surface area contributed by atoms with Crippen molar-refractivity contribution in [3.8, 4) is 11.5 Å². The summed E-state index contributed by atoms with van der Waals surface area (Å²) in [5, 5.41) is 21.9. The Kier molecular flexibility index (Phi) is 6.31. The zero-order valence-electron chi connectivity index (χ0n) is 12.2. The van der Waals surface area contributed by atoms with Crippen molar-refractivity contribution in [2.24, 2.45) is 11.8 Å². The lowest BCUT2D eigenvalue weighted by Gasteiger charge is -2.16. The van der Waals surface area contributed by atoms with Crippen LogP contribution < -0.4 is 10.1 Å². The fraction of sp³-hybridized carbons (Fsp3) is 0.533. The summed E-state index contributed by atoms with van der Waals surface area (Å²) in [5.41, 5.74) is 0.807. The maximum absolute atomic E-state index is 11.1. The average molecular weight is 281 g/mol. The van der Waals surface area contributed by atoms with Crippen LogP contribution in [0.4, 0.5) is 0 Å². The van der Waals surface area contributed by atoms with Crippen LogP contribution in [-0.4, -0.2) is 29.8 Å². The molecule has 0 aliphatic carbocycles. The molecule has 0 saturated heterocycles. The molecule has 0 aliphatic heterocycles. The van der Waals surface area contributed by atoms with Gasteiger partial charge in [0.15, 0.2) is 11.5 Å². The molecule has 0 radical (unpaired) electrons. The maximum atomic E-state index is 11.1. The Morgan fingerprint density at radius 3 is 2.65 bits per heavy atom. The van der Waals surface area contributed by atoms with Crippen molar-refractivity contribution >= 4 is 5.97 Å². The van der Waals surface area contributed by atoms with E-state index in [9.17, 15) is 9.90 Å². The van der Waals surface area contributed by atoms with E-state index in [-0.39, 0.29) is 5.75 Å². The van der Waals surface area contributed by atoms with Crippen LogP contribution in [0.1, 0.15) is 25.8 Å². The van der Waals surface area contributed by atoms with E-state index in [0.29, 0.717) is 31.2 Å². The molecule has 112 valence electrons. The number of carbonyl (C=O) groups is 1. The molecule has 0 fully saturated rings. The number of benzene rings is 1. The molecule has 0 aromatic heterocycles. The van der Waals surface area contributed by atoms with Gasteiger partial charge in [0, 0.05) is 18.7 Å². The summed E-state index contributed by atoms with van der Waals surface area (Å²) in [6.45, 7) is 4.87. The zero-order valence-corrected chi connectivity index (χ0v) is 12.2. The van der Waals surface area contributed by atoms with Crippen LogP contribution in [0.25, 0.3) is 0 Å². The second kappa shape index (κ2) is 7.75. The molecule has 0 aliphatic rings. The summed E-state index contributed by atoms with van der Waals surface area (Å²) in [5.74, 6) is -0.333. The van der Waals surface area contributed by atoms with Gasteiger partial charge in [-0.1, -0.05) is 26.0 Å². The summed E-state index contributed by atoms with van der Waals surface area (Å²) in [6.07, 6.45) is 0.638. The smallest absolute Gasteiger partial charge is 0.307 e. The van der Waals surface area contributed by atoms with Crippen LogP contribution >= 0.6 is 0 Å². The first-order valence-corrected chi connectivity index (χ1v) is 6.74. The van der Waals surface area contributed by atoms with Crippen LogP contribution in [-0.2, 0) is 11.3 Å². The van der Waals surface area contributed by atoms with Crippen molar-refractivity contribution in [1.82, 2.24) is 5.32 Å². The van der Waals surface area contributed by atoms with Gasteiger partial charge < -0.3 is 20.3 Å². The fourth-order valence-electron chi connectivity index (χ4n) is 2.17. The van der Waals surface area contributed by atoms with Gasteiger partial charge in [-0.15, -0.1) is 0 Å². The lowest BCUT2D eigenvalue weighted by molar-refractivity contribution is -0.142. The van der Waals surface area contributed by atoms with Gasteiger partial charge in [-0.3, -0.25) is 4.79 Å². The van der Waals surface area contributed by atoms with Crippen molar-refractivity contribution in [3.63, 3.8) is 0 Å². The maximum Gasteiger partial charge on any atom is 0.307 e. The van der Waals surface area contributed by atoms with Crippen LogP contribution in [0.15, 0.2) is 18.2 Å². The lowest BCUT2D eigenvalue weighted by atomic mass is 9.97. The molecule has 1 rings (SSSR count). The van der Waals surface area contributed by atoms with Crippen molar-refractivity contribution in [2.75, 3.05) is 13.7 Å². The normalized spacial score (nSPS) is 12.4. The fourth-order valence-corrected chi connectivity index (χ4v) is 2.17. The summed E-state index contributed by atoms with van der Waals surface area (Å²) >= 11 is 0. The highest BCUT2D eigenvalue weighted by Gasteiger charge is 2.18. The molecule has 20 heavy (non-hydrogen) atoms. The Morgan fingerprint density at radius 2 is 2.10 bits per heavy atom. The summed E-state index contributed by atoms with van der Waals surface area (Å²) in [6, 6.07) is 5.13. The van der Waals surface area contributed by atoms with E-state index in [1.165, 1.54) is 7.11 Å². The minimum absolute atomic E-state index is 0.0868. The molecule has 1 atom stereocenters. The number of hydrogen-bond donors (Lipinski definition) is 3. The number of carboxylic acids is 1. The third-order valence-corrected chi connectivity index (χ3v) is 3.09. The van der Waals surface area contributed by atoms with E-state index in [1.807, 2.05) is 19.9 Å². The van der Waals surface area contributed by atoms with E-state index in [1.54, 1.807) is 12.1 Å². The number of phenols is 1. The molecule has 5 nitrogen and oxygen atoms in total. The standard InChI is InChI=1S/C15H23NO4/c1-10(2)7-12(15(18)19)9-16-8-11-5-4-6-13(17)14(11)20-3/h4-6,10,12,16-17H,7-9H2,1-3H3,(H,18,19). The van der Waals surface area contributed by atoms with E-state index in [0.717, 1.165) is 5.56 Å². The summed E-state index contributed by atoms with van der Waals surface area (Å²) in [7, 11) is 1.50. The minimum Gasteiger partial charge on any atom is -0.504 e. The SMILES string of the molecule is COc1c(O)cccc1CNCC(CC(C)C)C(=O)O. The Labute approximate surface area is 119 Å². The molecule has 3 N–H and O–H groups in total. The molecule has 0 amide bonds. The highest BCUT2D eigenvalue weighted by Crippen LogP contribution is 2.29. The van der Waals surface area contributed by atoms with Gasteiger partial charge in [0.05, 0.1) is 13.0 Å². The number of phenolic OH excluding ortho intramolecular Hbond substituents is 1. The number of ether oxygens (including phenoxy) is 1. The van der Waals surface area contributed by atoms with Crippen LogP contribution in [0.5, 0.6) is 11.5 Å². The first kappa shape index (κ1) is 16.3. The first-order chi connectivity index (χ1) is 9.45. The predicted molar refractivity (Wildman–Crippen MR) is 76.9 cm³/mol.